The van der Waals surface area contributed by atoms with Gasteiger partial charge in [0.05, 0.1) is 0 Å². The zero-order valence-electron chi connectivity index (χ0n) is 17.3. The largest absolute Gasteiger partial charge is 0.355 e. The molecule has 3 N–H and O–H groups in total. The monoisotopic (exact) mass is 402 g/mol. The molecule has 2 saturated carbocycles. The van der Waals surface area contributed by atoms with Crippen LogP contribution in [0.15, 0.2) is 40.2 Å². The van der Waals surface area contributed by atoms with Crippen molar-refractivity contribution in [1.29, 1.82) is 0 Å². The number of rotatable bonds is 7. The van der Waals surface area contributed by atoms with Gasteiger partial charge >= 0.3 is 0 Å². The maximum absolute atomic E-state index is 12.4. The van der Waals surface area contributed by atoms with E-state index in [0.717, 1.165) is 38.2 Å². The van der Waals surface area contributed by atoms with E-state index in [1.54, 1.807) is 0 Å². The van der Waals surface area contributed by atoms with E-state index in [4.69, 9.17) is 0 Å². The number of thioether (sulfide) groups is 1. The molecule has 0 spiro atoms. The minimum atomic E-state index is 0.107. The highest BCUT2D eigenvalue weighted by molar-refractivity contribution is 8.01. The molecule has 2 aliphatic carbocycles. The zero-order chi connectivity index (χ0) is 20.0. The number of nitrogens with one attached hydrogen (secondary N) is 3. The minimum Gasteiger partial charge on any atom is -0.355 e. The second kappa shape index (κ2) is 9.68. The Balaban J connectivity index is 1.47. The standard InChI is InChI=1S/C22H34N4OS/c1-16(2)25-20(27)17-8-7-9-18(14-17)26-21(23-3)24-15-22(12-13-22)28-19-10-5-4-6-11-19/h4-6,10-11,16-18H,7-9,12-15H2,1-3H3,(H,25,27)(H2,23,24,26). The lowest BCUT2D eigenvalue weighted by Gasteiger charge is -2.31. The maximum Gasteiger partial charge on any atom is 0.223 e. The molecule has 0 saturated heterocycles. The molecular weight excluding hydrogens is 368 g/mol. The summed E-state index contributed by atoms with van der Waals surface area (Å²) in [5.41, 5.74) is 0. The van der Waals surface area contributed by atoms with Gasteiger partial charge in [-0.05, 0) is 58.1 Å². The van der Waals surface area contributed by atoms with Crippen molar-refractivity contribution in [2.75, 3.05) is 13.6 Å². The molecule has 1 amide bonds. The van der Waals surface area contributed by atoms with Crippen LogP contribution in [0, 0.1) is 5.92 Å². The molecule has 2 atom stereocenters. The molecule has 0 radical (unpaired) electrons. The second-order valence-corrected chi connectivity index (χ2v) is 9.93. The fourth-order valence-electron chi connectivity index (χ4n) is 3.79. The summed E-state index contributed by atoms with van der Waals surface area (Å²) in [5.74, 6) is 1.16. The van der Waals surface area contributed by atoms with Crippen molar-refractivity contribution < 1.29 is 4.79 Å². The molecular formula is C22H34N4OS. The van der Waals surface area contributed by atoms with Crippen LogP contribution in [0.2, 0.25) is 0 Å². The van der Waals surface area contributed by atoms with Gasteiger partial charge < -0.3 is 16.0 Å². The number of aliphatic imine (C=N–C) groups is 1. The molecule has 28 heavy (non-hydrogen) atoms. The third-order valence-corrected chi connectivity index (χ3v) is 7.00. The van der Waals surface area contributed by atoms with Crippen molar-refractivity contribution in [2.45, 2.75) is 74.1 Å². The van der Waals surface area contributed by atoms with Crippen molar-refractivity contribution in [2.24, 2.45) is 10.9 Å². The number of nitrogens with zero attached hydrogens (tertiary/aromatic N) is 1. The predicted octanol–water partition coefficient (Wildman–Crippen LogP) is 3.56. The first-order chi connectivity index (χ1) is 13.5. The van der Waals surface area contributed by atoms with E-state index in [1.165, 1.54) is 17.7 Å². The molecule has 1 aromatic rings. The topological polar surface area (TPSA) is 65.5 Å². The molecule has 2 fully saturated rings. The fraction of sp³-hybridized carbons (Fsp3) is 0.636. The van der Waals surface area contributed by atoms with Crippen LogP contribution in [0.5, 0.6) is 0 Å². The van der Waals surface area contributed by atoms with Gasteiger partial charge in [-0.2, -0.15) is 0 Å². The molecule has 0 heterocycles. The average molecular weight is 403 g/mol. The first-order valence-electron chi connectivity index (χ1n) is 10.5. The minimum absolute atomic E-state index is 0.107. The van der Waals surface area contributed by atoms with Gasteiger partial charge in [-0.1, -0.05) is 24.6 Å². The van der Waals surface area contributed by atoms with Gasteiger partial charge in [-0.3, -0.25) is 9.79 Å². The average Bonchev–Trinajstić information content (AvgIpc) is 3.45. The maximum atomic E-state index is 12.4. The van der Waals surface area contributed by atoms with E-state index < -0.39 is 0 Å². The van der Waals surface area contributed by atoms with E-state index in [9.17, 15) is 4.79 Å². The smallest absolute Gasteiger partial charge is 0.223 e. The Labute approximate surface area is 173 Å². The van der Waals surface area contributed by atoms with E-state index in [2.05, 4.69) is 51.3 Å². The van der Waals surface area contributed by atoms with Crippen molar-refractivity contribution >= 4 is 23.6 Å². The summed E-state index contributed by atoms with van der Waals surface area (Å²) >= 11 is 1.97. The lowest BCUT2D eigenvalue weighted by Crippen LogP contribution is -2.48. The number of hydrogen-bond acceptors (Lipinski definition) is 3. The summed E-state index contributed by atoms with van der Waals surface area (Å²) in [7, 11) is 1.82. The van der Waals surface area contributed by atoms with Crippen molar-refractivity contribution in [3.63, 3.8) is 0 Å². The SMILES string of the molecule is CN=C(NCC1(Sc2ccccc2)CC1)NC1CCCC(C(=O)NC(C)C)C1. The van der Waals surface area contributed by atoms with E-state index in [-0.39, 0.29) is 22.6 Å². The van der Waals surface area contributed by atoms with Gasteiger partial charge in [-0.15, -0.1) is 11.8 Å². The van der Waals surface area contributed by atoms with Crippen molar-refractivity contribution in [3.8, 4) is 0 Å². The Hall–Kier alpha value is -1.69. The Morgan fingerprint density at radius 2 is 2.00 bits per heavy atom. The molecule has 0 aliphatic heterocycles. The van der Waals surface area contributed by atoms with E-state index in [0.29, 0.717) is 6.04 Å². The van der Waals surface area contributed by atoms with Crippen LogP contribution in [-0.2, 0) is 4.79 Å². The van der Waals surface area contributed by atoms with E-state index >= 15 is 0 Å². The summed E-state index contributed by atoms with van der Waals surface area (Å²) in [5, 5.41) is 10.2. The van der Waals surface area contributed by atoms with Crippen molar-refractivity contribution in [3.05, 3.63) is 30.3 Å². The number of guanidine groups is 1. The highest BCUT2D eigenvalue weighted by Crippen LogP contribution is 2.51. The van der Waals surface area contributed by atoms with Crippen LogP contribution in [0.25, 0.3) is 0 Å². The molecule has 154 valence electrons. The lowest BCUT2D eigenvalue weighted by atomic mass is 9.85. The highest BCUT2D eigenvalue weighted by Gasteiger charge is 2.43. The normalized spacial score (nSPS) is 23.9. The quantitative estimate of drug-likeness (QED) is 0.482. The van der Waals surface area contributed by atoms with Crippen molar-refractivity contribution in [1.82, 2.24) is 16.0 Å². The third-order valence-electron chi connectivity index (χ3n) is 5.50. The van der Waals surface area contributed by atoms with Crippen LogP contribution >= 0.6 is 11.8 Å². The van der Waals surface area contributed by atoms with Gasteiger partial charge in [0.15, 0.2) is 5.96 Å². The molecule has 0 bridgehead atoms. The van der Waals surface area contributed by atoms with Gasteiger partial charge in [-0.25, -0.2) is 0 Å². The number of carbonyl (C=O) groups excluding carboxylic acids is 1. The van der Waals surface area contributed by atoms with Gasteiger partial charge in [0.25, 0.3) is 0 Å². The molecule has 1 aromatic carbocycles. The first-order valence-corrected chi connectivity index (χ1v) is 11.3. The molecule has 2 unspecified atom stereocenters. The zero-order valence-corrected chi connectivity index (χ0v) is 18.1. The molecule has 6 heteroatoms. The van der Waals surface area contributed by atoms with Crippen LogP contribution in [0.4, 0.5) is 0 Å². The fourth-order valence-corrected chi connectivity index (χ4v) is 5.03. The number of benzene rings is 1. The second-order valence-electron chi connectivity index (χ2n) is 8.39. The summed E-state index contributed by atoms with van der Waals surface area (Å²) in [6.45, 7) is 4.95. The Kier molecular flexibility index (Phi) is 7.27. The summed E-state index contributed by atoms with van der Waals surface area (Å²) < 4.78 is 0.283. The summed E-state index contributed by atoms with van der Waals surface area (Å²) in [6.07, 6.45) is 6.51. The molecule has 3 rings (SSSR count). The van der Waals surface area contributed by atoms with Gasteiger partial charge in [0.2, 0.25) is 5.91 Å². The van der Waals surface area contributed by atoms with E-state index in [1.807, 2.05) is 32.7 Å². The Bertz CT molecular complexity index is 672. The summed E-state index contributed by atoms with van der Waals surface area (Å²) in [6, 6.07) is 11.1. The van der Waals surface area contributed by atoms with Crippen LogP contribution < -0.4 is 16.0 Å². The number of amides is 1. The molecule has 2 aliphatic rings. The van der Waals surface area contributed by atoms with Gasteiger partial charge in [0, 0.05) is 41.2 Å². The first kappa shape index (κ1) is 21.0. The summed E-state index contributed by atoms with van der Waals surface area (Å²) in [4.78, 5) is 18.1. The van der Waals surface area contributed by atoms with Crippen LogP contribution in [0.1, 0.15) is 52.4 Å². The number of carbonyl (C=O) groups is 1. The lowest BCUT2D eigenvalue weighted by molar-refractivity contribution is -0.126. The Morgan fingerprint density at radius 1 is 1.25 bits per heavy atom. The number of hydrogen-bond donors (Lipinski definition) is 3. The Morgan fingerprint density at radius 3 is 2.64 bits per heavy atom. The highest BCUT2D eigenvalue weighted by atomic mass is 32.2. The molecule has 0 aromatic heterocycles. The van der Waals surface area contributed by atoms with Crippen LogP contribution in [0.3, 0.4) is 0 Å². The van der Waals surface area contributed by atoms with Gasteiger partial charge in [0.1, 0.15) is 0 Å². The predicted molar refractivity (Wildman–Crippen MR) is 118 cm³/mol. The third kappa shape index (κ3) is 6.16. The molecule has 5 nitrogen and oxygen atoms in total. The van der Waals surface area contributed by atoms with Crippen LogP contribution in [-0.4, -0.2) is 42.3 Å².